The Hall–Kier alpha value is -1.71. The van der Waals surface area contributed by atoms with Crippen LogP contribution in [0.4, 0.5) is 11.4 Å². The monoisotopic (exact) mass is 261 g/mol. The largest absolute Gasteiger partial charge is 0.399 e. The third-order valence-electron chi connectivity index (χ3n) is 4.38. The van der Waals surface area contributed by atoms with Gasteiger partial charge in [0.2, 0.25) is 0 Å². The molecule has 0 aliphatic heterocycles. The van der Waals surface area contributed by atoms with Crippen LogP contribution in [0.5, 0.6) is 0 Å². The zero-order chi connectivity index (χ0) is 13.9. The van der Waals surface area contributed by atoms with Crippen molar-refractivity contribution in [2.24, 2.45) is 11.1 Å². The number of primary amides is 1. The van der Waals surface area contributed by atoms with E-state index in [0.717, 1.165) is 12.2 Å². The molecule has 1 aliphatic carbocycles. The zero-order valence-electron chi connectivity index (χ0n) is 11.5. The molecule has 4 nitrogen and oxygen atoms in total. The van der Waals surface area contributed by atoms with Crippen LogP contribution in [0.2, 0.25) is 0 Å². The molecule has 0 aromatic heterocycles. The lowest BCUT2D eigenvalue weighted by Crippen LogP contribution is -2.27. The van der Waals surface area contributed by atoms with Gasteiger partial charge in [0.15, 0.2) is 0 Å². The van der Waals surface area contributed by atoms with Gasteiger partial charge >= 0.3 is 0 Å². The van der Waals surface area contributed by atoms with Crippen LogP contribution in [0.25, 0.3) is 0 Å². The number of carbonyl (C=O) groups is 1. The number of hydrogen-bond acceptors (Lipinski definition) is 3. The van der Waals surface area contributed by atoms with Gasteiger partial charge in [-0.15, -0.1) is 0 Å². The Morgan fingerprint density at radius 2 is 2.05 bits per heavy atom. The van der Waals surface area contributed by atoms with Gasteiger partial charge in [-0.3, -0.25) is 4.79 Å². The molecule has 104 valence electrons. The molecule has 1 amide bonds. The number of nitrogens with two attached hydrogens (primary N) is 2. The molecule has 0 unspecified atom stereocenters. The van der Waals surface area contributed by atoms with Crippen molar-refractivity contribution in [3.8, 4) is 0 Å². The van der Waals surface area contributed by atoms with Gasteiger partial charge in [0.1, 0.15) is 0 Å². The highest BCUT2D eigenvalue weighted by Gasteiger charge is 2.31. The summed E-state index contributed by atoms with van der Waals surface area (Å²) in [7, 11) is 0. The number of nitrogens with one attached hydrogen (secondary N) is 1. The van der Waals surface area contributed by atoms with E-state index in [0.29, 0.717) is 16.7 Å². The summed E-state index contributed by atoms with van der Waals surface area (Å²) in [6.07, 6.45) is 6.30. The standard InChI is InChI=1S/C15H23N3O/c1-2-15(7-3-4-8-15)10-18-13-6-5-11(16)9-12(13)14(17)19/h5-6,9,18H,2-4,7-8,10,16H2,1H3,(H2,17,19). The van der Waals surface area contributed by atoms with Crippen molar-refractivity contribution in [1.82, 2.24) is 0 Å². The van der Waals surface area contributed by atoms with Crippen LogP contribution in [-0.4, -0.2) is 12.5 Å². The van der Waals surface area contributed by atoms with Crippen molar-refractivity contribution < 1.29 is 4.79 Å². The van der Waals surface area contributed by atoms with E-state index in [1.54, 1.807) is 12.1 Å². The quantitative estimate of drug-likeness (QED) is 0.713. The smallest absolute Gasteiger partial charge is 0.250 e. The van der Waals surface area contributed by atoms with E-state index in [2.05, 4.69) is 12.2 Å². The van der Waals surface area contributed by atoms with Crippen molar-refractivity contribution in [2.75, 3.05) is 17.6 Å². The third-order valence-corrected chi connectivity index (χ3v) is 4.38. The van der Waals surface area contributed by atoms with Crippen molar-refractivity contribution >= 4 is 17.3 Å². The molecule has 0 atom stereocenters. The Kier molecular flexibility index (Phi) is 3.98. The topological polar surface area (TPSA) is 81.1 Å². The highest BCUT2D eigenvalue weighted by Crippen LogP contribution is 2.41. The van der Waals surface area contributed by atoms with E-state index >= 15 is 0 Å². The van der Waals surface area contributed by atoms with Gasteiger partial charge in [-0.1, -0.05) is 19.8 Å². The molecule has 0 heterocycles. The number of rotatable bonds is 5. The normalized spacial score (nSPS) is 17.3. The van der Waals surface area contributed by atoms with Crippen molar-refractivity contribution in [2.45, 2.75) is 39.0 Å². The van der Waals surface area contributed by atoms with Crippen LogP contribution in [0.15, 0.2) is 18.2 Å². The number of anilines is 2. The second-order valence-corrected chi connectivity index (χ2v) is 5.58. The van der Waals surface area contributed by atoms with Crippen LogP contribution in [0.1, 0.15) is 49.4 Å². The van der Waals surface area contributed by atoms with Crippen molar-refractivity contribution in [3.63, 3.8) is 0 Å². The van der Waals surface area contributed by atoms with Crippen LogP contribution in [-0.2, 0) is 0 Å². The molecule has 0 spiro atoms. The minimum absolute atomic E-state index is 0.371. The average Bonchev–Trinajstić information content (AvgIpc) is 2.86. The number of amides is 1. The Morgan fingerprint density at radius 3 is 2.63 bits per heavy atom. The zero-order valence-corrected chi connectivity index (χ0v) is 11.5. The summed E-state index contributed by atoms with van der Waals surface area (Å²) < 4.78 is 0. The van der Waals surface area contributed by atoms with Crippen LogP contribution < -0.4 is 16.8 Å². The predicted molar refractivity (Wildman–Crippen MR) is 79.1 cm³/mol. The molecule has 5 N–H and O–H groups in total. The first kappa shape index (κ1) is 13.7. The summed E-state index contributed by atoms with van der Waals surface area (Å²) >= 11 is 0. The van der Waals surface area contributed by atoms with Gasteiger partial charge in [-0.2, -0.15) is 0 Å². The van der Waals surface area contributed by atoms with Crippen LogP contribution >= 0.6 is 0 Å². The Bertz CT molecular complexity index is 464. The van der Waals surface area contributed by atoms with E-state index in [1.165, 1.54) is 32.1 Å². The van der Waals surface area contributed by atoms with E-state index < -0.39 is 5.91 Å². The molecule has 1 aromatic carbocycles. The molecule has 0 bridgehead atoms. The predicted octanol–water partition coefficient (Wildman–Crippen LogP) is 2.75. The summed E-state index contributed by atoms with van der Waals surface area (Å²) in [5.74, 6) is -0.438. The first-order chi connectivity index (χ1) is 9.06. The lowest BCUT2D eigenvalue weighted by Gasteiger charge is -2.28. The van der Waals surface area contributed by atoms with E-state index in [4.69, 9.17) is 11.5 Å². The van der Waals surface area contributed by atoms with Gasteiger partial charge in [0.25, 0.3) is 5.91 Å². The SMILES string of the molecule is CCC1(CNc2ccc(N)cc2C(N)=O)CCCC1. The number of hydrogen-bond donors (Lipinski definition) is 3. The molecule has 1 saturated carbocycles. The molecule has 1 aliphatic rings. The third kappa shape index (κ3) is 3.00. The highest BCUT2D eigenvalue weighted by atomic mass is 16.1. The van der Waals surface area contributed by atoms with Gasteiger partial charge in [-0.05, 0) is 42.9 Å². The maximum absolute atomic E-state index is 11.4. The van der Waals surface area contributed by atoms with Gasteiger partial charge in [0, 0.05) is 17.9 Å². The van der Waals surface area contributed by atoms with Crippen LogP contribution in [0, 0.1) is 5.41 Å². The fraction of sp³-hybridized carbons (Fsp3) is 0.533. The number of carbonyl (C=O) groups excluding carboxylic acids is 1. The van der Waals surface area contributed by atoms with E-state index in [1.807, 2.05) is 6.07 Å². The summed E-state index contributed by atoms with van der Waals surface area (Å²) in [6, 6.07) is 5.27. The van der Waals surface area contributed by atoms with Crippen molar-refractivity contribution in [1.29, 1.82) is 0 Å². The minimum Gasteiger partial charge on any atom is -0.399 e. The Balaban J connectivity index is 2.13. The second kappa shape index (κ2) is 5.51. The van der Waals surface area contributed by atoms with Gasteiger partial charge in [-0.25, -0.2) is 0 Å². The number of nitrogen functional groups attached to an aromatic ring is 1. The molecule has 19 heavy (non-hydrogen) atoms. The van der Waals surface area contributed by atoms with Crippen molar-refractivity contribution in [3.05, 3.63) is 23.8 Å². The Labute approximate surface area is 114 Å². The summed E-state index contributed by atoms with van der Waals surface area (Å²) in [4.78, 5) is 11.4. The number of benzene rings is 1. The molecule has 1 aromatic rings. The summed E-state index contributed by atoms with van der Waals surface area (Å²) in [6.45, 7) is 3.14. The maximum atomic E-state index is 11.4. The molecule has 1 fully saturated rings. The molecular formula is C15H23N3O. The average molecular weight is 261 g/mol. The lowest BCUT2D eigenvalue weighted by molar-refractivity contribution is 0.100. The lowest BCUT2D eigenvalue weighted by atomic mass is 9.83. The highest BCUT2D eigenvalue weighted by molar-refractivity contribution is 5.99. The Morgan fingerprint density at radius 1 is 1.37 bits per heavy atom. The van der Waals surface area contributed by atoms with E-state index in [-0.39, 0.29) is 0 Å². The maximum Gasteiger partial charge on any atom is 0.250 e. The molecule has 4 heteroatoms. The summed E-state index contributed by atoms with van der Waals surface area (Å²) in [5, 5.41) is 3.40. The second-order valence-electron chi connectivity index (χ2n) is 5.58. The van der Waals surface area contributed by atoms with E-state index in [9.17, 15) is 4.79 Å². The van der Waals surface area contributed by atoms with Crippen LogP contribution in [0.3, 0.4) is 0 Å². The first-order valence-electron chi connectivity index (χ1n) is 6.99. The minimum atomic E-state index is -0.438. The fourth-order valence-corrected chi connectivity index (χ4v) is 2.98. The van der Waals surface area contributed by atoms with Gasteiger partial charge < -0.3 is 16.8 Å². The molecule has 0 saturated heterocycles. The molecule has 0 radical (unpaired) electrons. The van der Waals surface area contributed by atoms with Gasteiger partial charge in [0.05, 0.1) is 5.56 Å². The first-order valence-corrected chi connectivity index (χ1v) is 6.99. The molecular weight excluding hydrogens is 238 g/mol. The summed E-state index contributed by atoms with van der Waals surface area (Å²) in [5.41, 5.74) is 13.3. The fourth-order valence-electron chi connectivity index (χ4n) is 2.98. The molecule has 2 rings (SSSR count).